The highest BCUT2D eigenvalue weighted by Gasteiger charge is 2.18. The molecule has 0 radical (unpaired) electrons. The van der Waals surface area contributed by atoms with Crippen LogP contribution in [0.15, 0.2) is 30.3 Å². The third-order valence-corrected chi connectivity index (χ3v) is 2.62. The Morgan fingerprint density at radius 1 is 1.00 bits per heavy atom. The van der Waals surface area contributed by atoms with Gasteiger partial charge in [0.05, 0.1) is 11.1 Å². The molecule has 0 N–H and O–H groups in total. The van der Waals surface area contributed by atoms with Crippen LogP contribution in [-0.2, 0) is 0 Å². The molecule has 0 fully saturated rings. The van der Waals surface area contributed by atoms with E-state index in [1.807, 2.05) is 0 Å². The number of nitriles is 1. The van der Waals surface area contributed by atoms with Crippen LogP contribution < -0.4 is 0 Å². The minimum atomic E-state index is -0.914. The normalized spacial score (nSPS) is 10.2. The highest BCUT2D eigenvalue weighted by molar-refractivity contribution is 6.31. The number of halogens is 4. The van der Waals surface area contributed by atoms with Crippen molar-refractivity contribution in [3.63, 3.8) is 0 Å². The van der Waals surface area contributed by atoms with Gasteiger partial charge in [-0.25, -0.2) is 13.2 Å². The van der Waals surface area contributed by atoms with Gasteiger partial charge >= 0.3 is 0 Å². The van der Waals surface area contributed by atoms with Crippen LogP contribution in [0.4, 0.5) is 13.2 Å². The Kier molecular flexibility index (Phi) is 3.26. The molecule has 0 bridgehead atoms. The van der Waals surface area contributed by atoms with E-state index in [2.05, 4.69) is 0 Å². The van der Waals surface area contributed by atoms with Crippen molar-refractivity contribution in [2.75, 3.05) is 0 Å². The van der Waals surface area contributed by atoms with Gasteiger partial charge in [0.15, 0.2) is 0 Å². The second kappa shape index (κ2) is 4.71. The summed E-state index contributed by atoms with van der Waals surface area (Å²) in [5.41, 5.74) is -1.10. The van der Waals surface area contributed by atoms with Crippen molar-refractivity contribution in [1.29, 1.82) is 5.26 Å². The topological polar surface area (TPSA) is 23.8 Å². The van der Waals surface area contributed by atoms with E-state index in [1.54, 1.807) is 6.07 Å². The van der Waals surface area contributed by atoms with Gasteiger partial charge in [-0.3, -0.25) is 0 Å². The summed E-state index contributed by atoms with van der Waals surface area (Å²) in [5, 5.41) is 8.82. The first kappa shape index (κ1) is 12.5. The number of benzene rings is 2. The minimum Gasteiger partial charge on any atom is -0.206 e. The number of nitrogens with zero attached hydrogens (tertiary/aromatic N) is 1. The molecule has 0 saturated carbocycles. The number of hydrogen-bond donors (Lipinski definition) is 0. The zero-order chi connectivity index (χ0) is 13.3. The van der Waals surface area contributed by atoms with Crippen LogP contribution in [0.5, 0.6) is 0 Å². The largest absolute Gasteiger partial charge is 0.206 e. The van der Waals surface area contributed by atoms with Gasteiger partial charge < -0.3 is 0 Å². The van der Waals surface area contributed by atoms with Crippen molar-refractivity contribution in [2.45, 2.75) is 0 Å². The van der Waals surface area contributed by atoms with Crippen molar-refractivity contribution in [1.82, 2.24) is 0 Å². The number of rotatable bonds is 1. The summed E-state index contributed by atoms with van der Waals surface area (Å²) >= 11 is 5.64. The van der Waals surface area contributed by atoms with Crippen molar-refractivity contribution < 1.29 is 13.2 Å². The Bertz CT molecular complexity index is 642. The van der Waals surface area contributed by atoms with Gasteiger partial charge in [0.2, 0.25) is 0 Å². The van der Waals surface area contributed by atoms with E-state index in [9.17, 15) is 13.2 Å². The fourth-order valence-electron chi connectivity index (χ4n) is 1.64. The molecule has 2 aromatic rings. The Morgan fingerprint density at radius 2 is 1.61 bits per heavy atom. The maximum atomic E-state index is 13.6. The van der Waals surface area contributed by atoms with Crippen molar-refractivity contribution in [3.05, 3.63) is 58.4 Å². The van der Waals surface area contributed by atoms with E-state index < -0.39 is 28.6 Å². The van der Waals surface area contributed by atoms with E-state index in [4.69, 9.17) is 16.9 Å². The molecule has 1 nitrogen and oxygen atoms in total. The zero-order valence-corrected chi connectivity index (χ0v) is 9.60. The molecule has 0 spiro atoms. The van der Waals surface area contributed by atoms with E-state index in [1.165, 1.54) is 6.07 Å². The van der Waals surface area contributed by atoms with Crippen LogP contribution in [0.3, 0.4) is 0 Å². The second-order valence-corrected chi connectivity index (χ2v) is 3.96. The molecular weight excluding hydrogens is 263 g/mol. The minimum absolute atomic E-state index is 0.0378. The summed E-state index contributed by atoms with van der Waals surface area (Å²) in [6.07, 6.45) is 0. The van der Waals surface area contributed by atoms with Crippen molar-refractivity contribution >= 4 is 11.6 Å². The summed E-state index contributed by atoms with van der Waals surface area (Å²) in [4.78, 5) is 0. The SMILES string of the molecule is N#Cc1c(F)cc(Cl)cc1-c1c(F)cccc1F. The molecule has 2 aromatic carbocycles. The summed E-state index contributed by atoms with van der Waals surface area (Å²) in [6.45, 7) is 0. The maximum absolute atomic E-state index is 13.6. The molecule has 0 aliphatic heterocycles. The molecule has 0 aliphatic rings. The molecule has 0 amide bonds. The lowest BCUT2D eigenvalue weighted by molar-refractivity contribution is 0.588. The average Bonchev–Trinajstić information content (AvgIpc) is 2.28. The van der Waals surface area contributed by atoms with Crippen molar-refractivity contribution in [3.8, 4) is 17.2 Å². The van der Waals surface area contributed by atoms with Crippen molar-refractivity contribution in [2.24, 2.45) is 0 Å². The van der Waals surface area contributed by atoms with E-state index in [-0.39, 0.29) is 10.6 Å². The third-order valence-electron chi connectivity index (χ3n) is 2.40. The lowest BCUT2D eigenvalue weighted by Gasteiger charge is -2.08. The fraction of sp³-hybridized carbons (Fsp3) is 0. The van der Waals surface area contributed by atoms with Gasteiger partial charge in [-0.1, -0.05) is 17.7 Å². The molecule has 90 valence electrons. The predicted molar refractivity (Wildman–Crippen MR) is 61.5 cm³/mol. The first-order valence-electron chi connectivity index (χ1n) is 4.88. The van der Waals surface area contributed by atoms with E-state index in [0.717, 1.165) is 24.3 Å². The smallest absolute Gasteiger partial charge is 0.143 e. The molecule has 0 saturated heterocycles. The van der Waals surface area contributed by atoms with Gasteiger partial charge in [-0.2, -0.15) is 5.26 Å². The monoisotopic (exact) mass is 267 g/mol. The van der Waals surface area contributed by atoms with Gasteiger partial charge in [-0.05, 0) is 24.3 Å². The molecule has 0 heterocycles. The summed E-state index contributed by atoms with van der Waals surface area (Å²) in [7, 11) is 0. The Labute approximate surface area is 106 Å². The Hall–Kier alpha value is -1.99. The van der Waals surface area contributed by atoms with E-state index >= 15 is 0 Å². The Balaban J connectivity index is 2.84. The van der Waals surface area contributed by atoms with Gasteiger partial charge in [0, 0.05) is 10.6 Å². The molecule has 0 aromatic heterocycles. The van der Waals surface area contributed by atoms with Crippen LogP contribution in [0.25, 0.3) is 11.1 Å². The fourth-order valence-corrected chi connectivity index (χ4v) is 1.84. The number of hydrogen-bond acceptors (Lipinski definition) is 1. The molecule has 5 heteroatoms. The second-order valence-electron chi connectivity index (χ2n) is 3.52. The van der Waals surface area contributed by atoms with Crippen LogP contribution in [0.1, 0.15) is 5.56 Å². The average molecular weight is 268 g/mol. The highest BCUT2D eigenvalue weighted by atomic mass is 35.5. The lowest BCUT2D eigenvalue weighted by atomic mass is 9.99. The first-order chi connectivity index (χ1) is 8.54. The molecule has 0 atom stereocenters. The standard InChI is InChI=1S/C13H5ClF3N/c14-7-4-8(9(6-18)12(17)5-7)13-10(15)2-1-3-11(13)16/h1-5H. The van der Waals surface area contributed by atoms with Gasteiger partial charge in [0.1, 0.15) is 23.5 Å². The predicted octanol–water partition coefficient (Wildman–Crippen LogP) is 4.30. The summed E-state index contributed by atoms with van der Waals surface area (Å²) < 4.78 is 40.7. The lowest BCUT2D eigenvalue weighted by Crippen LogP contribution is -1.95. The summed E-state index contributed by atoms with van der Waals surface area (Å²) in [5.74, 6) is -2.68. The molecule has 18 heavy (non-hydrogen) atoms. The van der Waals surface area contributed by atoms with Crippen LogP contribution in [0, 0.1) is 28.8 Å². The zero-order valence-electron chi connectivity index (χ0n) is 8.85. The first-order valence-corrected chi connectivity index (χ1v) is 5.26. The quantitative estimate of drug-likeness (QED) is 0.756. The summed E-state index contributed by atoms with van der Waals surface area (Å²) in [6, 6.07) is 6.89. The highest BCUT2D eigenvalue weighted by Crippen LogP contribution is 2.32. The maximum Gasteiger partial charge on any atom is 0.143 e. The van der Waals surface area contributed by atoms with Crippen LogP contribution in [-0.4, -0.2) is 0 Å². The molecule has 0 unspecified atom stereocenters. The third kappa shape index (κ3) is 2.05. The molecule has 0 aliphatic carbocycles. The molecular formula is C13H5ClF3N. The van der Waals surface area contributed by atoms with Crippen LogP contribution in [0.2, 0.25) is 5.02 Å². The van der Waals surface area contributed by atoms with E-state index in [0.29, 0.717) is 0 Å². The Morgan fingerprint density at radius 3 is 2.17 bits per heavy atom. The van der Waals surface area contributed by atoms with Gasteiger partial charge in [0.25, 0.3) is 0 Å². The van der Waals surface area contributed by atoms with Crippen LogP contribution >= 0.6 is 11.6 Å². The molecule has 2 rings (SSSR count). The van der Waals surface area contributed by atoms with Gasteiger partial charge in [-0.15, -0.1) is 0 Å².